The van der Waals surface area contributed by atoms with E-state index in [9.17, 15) is 0 Å². The SMILES string of the molecule is CC(C)N1CCC(c2ccc(-c3cc4c(N5CCN(COCNc6ccccc6)CC5)ccnn4c3)cc2)CC1. The Kier molecular flexibility index (Phi) is 8.32. The number of anilines is 2. The number of hydrogen-bond donors (Lipinski definition) is 1. The highest BCUT2D eigenvalue weighted by atomic mass is 16.5. The van der Waals surface area contributed by atoms with Crippen molar-refractivity contribution in [2.24, 2.45) is 0 Å². The van der Waals surface area contributed by atoms with Gasteiger partial charge in [0, 0.05) is 55.9 Å². The van der Waals surface area contributed by atoms with Crippen LogP contribution in [0, 0.1) is 0 Å². The molecule has 6 rings (SSSR count). The summed E-state index contributed by atoms with van der Waals surface area (Å²) in [6.45, 7) is 12.1. The largest absolute Gasteiger partial charge is 0.367 e. The molecule has 2 aliphatic heterocycles. The van der Waals surface area contributed by atoms with E-state index < -0.39 is 0 Å². The Bertz CT molecular complexity index is 1350. The Morgan fingerprint density at radius 3 is 2.35 bits per heavy atom. The summed E-state index contributed by atoms with van der Waals surface area (Å²) in [7, 11) is 0. The zero-order chi connectivity index (χ0) is 27.3. The van der Waals surface area contributed by atoms with Crippen molar-refractivity contribution < 1.29 is 4.74 Å². The summed E-state index contributed by atoms with van der Waals surface area (Å²) in [4.78, 5) is 7.45. The summed E-state index contributed by atoms with van der Waals surface area (Å²) in [5.74, 6) is 0.676. The lowest BCUT2D eigenvalue weighted by molar-refractivity contribution is 0.0352. The van der Waals surface area contributed by atoms with E-state index >= 15 is 0 Å². The Hall–Kier alpha value is -3.39. The number of ether oxygens (including phenoxy) is 1. The van der Waals surface area contributed by atoms with Gasteiger partial charge in [-0.3, -0.25) is 4.90 Å². The number of hydrogen-bond acceptors (Lipinski definition) is 6. The van der Waals surface area contributed by atoms with Gasteiger partial charge in [0.1, 0.15) is 13.5 Å². The molecule has 7 heteroatoms. The minimum Gasteiger partial charge on any atom is -0.367 e. The predicted molar refractivity (Wildman–Crippen MR) is 164 cm³/mol. The molecule has 2 saturated heterocycles. The molecule has 7 nitrogen and oxygen atoms in total. The maximum atomic E-state index is 5.88. The standard InChI is InChI=1S/C33H42N6O/c1-26(2)37-16-13-29(14-17-37)27-8-10-28(11-9-27)30-22-33-32(12-15-35-39(33)23-30)38-20-18-36(19-21-38)25-40-24-34-31-6-4-3-5-7-31/h3-12,15,22-23,26,29,34H,13-14,16-21,24-25H2,1-2H3. The number of nitrogens with one attached hydrogen (secondary N) is 1. The molecule has 4 aromatic rings. The van der Waals surface area contributed by atoms with Crippen molar-refractivity contribution in [1.29, 1.82) is 0 Å². The number of piperazine rings is 1. The first-order valence-corrected chi connectivity index (χ1v) is 14.8. The summed E-state index contributed by atoms with van der Waals surface area (Å²) < 4.78 is 7.91. The number of para-hydroxylation sites is 1. The van der Waals surface area contributed by atoms with E-state index in [4.69, 9.17) is 4.74 Å². The predicted octanol–water partition coefficient (Wildman–Crippen LogP) is 5.75. The lowest BCUT2D eigenvalue weighted by Gasteiger charge is -2.36. The summed E-state index contributed by atoms with van der Waals surface area (Å²) in [6, 6.07) is 24.6. The second-order valence-electron chi connectivity index (χ2n) is 11.4. The Balaban J connectivity index is 1.05. The third-order valence-electron chi connectivity index (χ3n) is 8.60. The molecule has 0 amide bonds. The average Bonchev–Trinajstić information content (AvgIpc) is 3.45. The molecule has 0 saturated carbocycles. The van der Waals surface area contributed by atoms with Crippen LogP contribution in [0.4, 0.5) is 11.4 Å². The van der Waals surface area contributed by atoms with Crippen molar-refractivity contribution >= 4 is 16.9 Å². The molecule has 2 aromatic heterocycles. The summed E-state index contributed by atoms with van der Waals surface area (Å²) in [6.07, 6.45) is 6.60. The molecule has 0 spiro atoms. The summed E-state index contributed by atoms with van der Waals surface area (Å²) in [5, 5.41) is 7.94. The lowest BCUT2D eigenvalue weighted by Crippen LogP contribution is -2.47. The molecular formula is C33H42N6O. The average molecular weight is 539 g/mol. The van der Waals surface area contributed by atoms with E-state index in [1.54, 1.807) is 0 Å². The molecule has 2 aliphatic rings. The van der Waals surface area contributed by atoms with Gasteiger partial charge in [0.2, 0.25) is 0 Å². The molecule has 1 N–H and O–H groups in total. The first-order valence-electron chi connectivity index (χ1n) is 14.8. The van der Waals surface area contributed by atoms with Crippen LogP contribution in [0.5, 0.6) is 0 Å². The van der Waals surface area contributed by atoms with E-state index in [2.05, 4.69) is 93.7 Å². The molecule has 2 aromatic carbocycles. The van der Waals surface area contributed by atoms with Gasteiger partial charge in [-0.2, -0.15) is 5.10 Å². The molecule has 40 heavy (non-hydrogen) atoms. The lowest BCUT2D eigenvalue weighted by atomic mass is 9.88. The first-order chi connectivity index (χ1) is 19.6. The Labute approximate surface area is 238 Å². The number of benzene rings is 2. The molecule has 2 fully saturated rings. The molecule has 0 aliphatic carbocycles. The van der Waals surface area contributed by atoms with Crippen molar-refractivity contribution in [2.45, 2.75) is 38.6 Å². The number of fused-ring (bicyclic) bond motifs is 1. The first kappa shape index (κ1) is 26.8. The van der Waals surface area contributed by atoms with Gasteiger partial charge in [0.25, 0.3) is 0 Å². The fourth-order valence-electron chi connectivity index (χ4n) is 6.11. The van der Waals surface area contributed by atoms with Crippen molar-refractivity contribution in [1.82, 2.24) is 19.4 Å². The van der Waals surface area contributed by atoms with Crippen molar-refractivity contribution in [2.75, 3.05) is 62.9 Å². The number of rotatable bonds is 9. The van der Waals surface area contributed by atoms with Crippen LogP contribution in [-0.4, -0.2) is 78.2 Å². The molecular weight excluding hydrogens is 496 g/mol. The molecule has 0 radical (unpaired) electrons. The smallest absolute Gasteiger partial charge is 0.118 e. The molecule has 210 valence electrons. The minimum absolute atomic E-state index is 0.514. The van der Waals surface area contributed by atoms with Gasteiger partial charge >= 0.3 is 0 Å². The monoisotopic (exact) mass is 538 g/mol. The van der Waals surface area contributed by atoms with Gasteiger partial charge in [-0.1, -0.05) is 42.5 Å². The molecule has 4 heterocycles. The minimum atomic E-state index is 0.514. The van der Waals surface area contributed by atoms with Gasteiger partial charge in [-0.25, -0.2) is 4.52 Å². The van der Waals surface area contributed by atoms with Gasteiger partial charge in [-0.15, -0.1) is 0 Å². The highest BCUT2D eigenvalue weighted by Gasteiger charge is 2.23. The number of piperidine rings is 1. The van der Waals surface area contributed by atoms with Crippen LogP contribution in [0.3, 0.4) is 0 Å². The van der Waals surface area contributed by atoms with E-state index in [1.165, 1.54) is 53.8 Å². The van der Waals surface area contributed by atoms with Crippen LogP contribution in [0.1, 0.15) is 38.2 Å². The third-order valence-corrected chi connectivity index (χ3v) is 8.60. The van der Waals surface area contributed by atoms with E-state index in [0.717, 1.165) is 31.9 Å². The quantitative estimate of drug-likeness (QED) is 0.216. The fourth-order valence-corrected chi connectivity index (χ4v) is 6.11. The van der Waals surface area contributed by atoms with Crippen LogP contribution in [-0.2, 0) is 4.74 Å². The van der Waals surface area contributed by atoms with E-state index in [1.807, 2.05) is 28.9 Å². The normalized spacial score (nSPS) is 17.6. The topological polar surface area (TPSA) is 48.3 Å². The van der Waals surface area contributed by atoms with Crippen molar-refractivity contribution in [3.8, 4) is 11.1 Å². The number of nitrogens with zero attached hydrogens (tertiary/aromatic N) is 5. The number of aromatic nitrogens is 2. The maximum absolute atomic E-state index is 5.88. The van der Waals surface area contributed by atoms with Crippen LogP contribution in [0.25, 0.3) is 16.6 Å². The van der Waals surface area contributed by atoms with Crippen LogP contribution >= 0.6 is 0 Å². The Morgan fingerprint density at radius 2 is 1.62 bits per heavy atom. The highest BCUT2D eigenvalue weighted by Crippen LogP contribution is 2.32. The van der Waals surface area contributed by atoms with E-state index in [0.29, 0.717) is 25.4 Å². The number of likely N-dealkylation sites (tertiary alicyclic amines) is 1. The fraction of sp³-hybridized carbons (Fsp3) is 0.424. The van der Waals surface area contributed by atoms with Crippen LogP contribution in [0.15, 0.2) is 79.1 Å². The van der Waals surface area contributed by atoms with Gasteiger partial charge in [0.05, 0.1) is 11.2 Å². The van der Waals surface area contributed by atoms with Gasteiger partial charge < -0.3 is 19.9 Å². The van der Waals surface area contributed by atoms with Crippen LogP contribution < -0.4 is 10.2 Å². The van der Waals surface area contributed by atoms with Gasteiger partial charge in [-0.05, 0) is 81.1 Å². The second kappa shape index (κ2) is 12.4. The van der Waals surface area contributed by atoms with Crippen molar-refractivity contribution in [3.05, 3.63) is 84.7 Å². The Morgan fingerprint density at radius 1 is 0.875 bits per heavy atom. The van der Waals surface area contributed by atoms with Crippen LogP contribution in [0.2, 0.25) is 0 Å². The van der Waals surface area contributed by atoms with Gasteiger partial charge in [0.15, 0.2) is 0 Å². The summed E-state index contributed by atoms with van der Waals surface area (Å²) >= 11 is 0. The molecule has 0 bridgehead atoms. The summed E-state index contributed by atoms with van der Waals surface area (Å²) in [5.41, 5.74) is 7.46. The molecule has 0 atom stereocenters. The zero-order valence-corrected chi connectivity index (χ0v) is 23.9. The zero-order valence-electron chi connectivity index (χ0n) is 23.9. The van der Waals surface area contributed by atoms with Crippen molar-refractivity contribution in [3.63, 3.8) is 0 Å². The third kappa shape index (κ3) is 6.17. The molecule has 0 unspecified atom stereocenters. The maximum Gasteiger partial charge on any atom is 0.118 e. The highest BCUT2D eigenvalue weighted by molar-refractivity contribution is 5.80. The van der Waals surface area contributed by atoms with E-state index in [-0.39, 0.29) is 0 Å². The second-order valence-corrected chi connectivity index (χ2v) is 11.4.